The van der Waals surface area contributed by atoms with Crippen LogP contribution in [-0.4, -0.2) is 22.2 Å². The lowest BCUT2D eigenvalue weighted by atomic mass is 9.79. The molecule has 1 fully saturated rings. The number of carboxylic acids is 1. The zero-order valence-electron chi connectivity index (χ0n) is 8.89. The third-order valence-electron chi connectivity index (χ3n) is 3.14. The van der Waals surface area contributed by atoms with Crippen molar-refractivity contribution in [3.05, 3.63) is 29.8 Å². The molecule has 0 heterocycles. The van der Waals surface area contributed by atoms with Gasteiger partial charge in [-0.3, -0.25) is 4.79 Å². The molecule has 1 aliphatic rings. The predicted molar refractivity (Wildman–Crippen MR) is 59.1 cm³/mol. The van der Waals surface area contributed by atoms with Crippen molar-refractivity contribution in [2.24, 2.45) is 5.92 Å². The topological polar surface area (TPSA) is 69.6 Å². The molecule has 2 atom stereocenters. The highest BCUT2D eigenvalue weighted by Gasteiger charge is 2.35. The van der Waals surface area contributed by atoms with Gasteiger partial charge in [-0.05, 0) is 18.9 Å². The highest BCUT2D eigenvalue weighted by molar-refractivity contribution is 5.72. The summed E-state index contributed by atoms with van der Waals surface area (Å²) in [7, 11) is 0. The van der Waals surface area contributed by atoms with Crippen LogP contribution >= 0.6 is 0 Å². The van der Waals surface area contributed by atoms with Gasteiger partial charge in [-0.1, -0.05) is 18.2 Å². The first-order valence-electron chi connectivity index (χ1n) is 5.41. The maximum absolute atomic E-state index is 10.8. The van der Waals surface area contributed by atoms with E-state index in [1.165, 1.54) is 0 Å². The fraction of sp³-hybridized carbons (Fsp3) is 0.417. The average Bonchev–Trinajstić information content (AvgIpc) is 2.18. The minimum Gasteiger partial charge on any atom is -0.508 e. The van der Waals surface area contributed by atoms with Crippen molar-refractivity contribution in [1.82, 2.24) is 5.32 Å². The number of rotatable bonds is 4. The summed E-state index contributed by atoms with van der Waals surface area (Å²) in [5.74, 6) is -0.756. The Kier molecular flexibility index (Phi) is 3.10. The molecule has 0 amide bonds. The first-order valence-corrected chi connectivity index (χ1v) is 5.41. The lowest BCUT2D eigenvalue weighted by Gasteiger charge is -2.34. The van der Waals surface area contributed by atoms with Gasteiger partial charge in [0.2, 0.25) is 0 Å². The number of aromatic hydroxyl groups is 1. The van der Waals surface area contributed by atoms with Gasteiger partial charge in [0.1, 0.15) is 5.75 Å². The first kappa shape index (κ1) is 11.0. The summed E-state index contributed by atoms with van der Waals surface area (Å²) in [6, 6.07) is 7.12. The fourth-order valence-electron chi connectivity index (χ4n) is 1.94. The monoisotopic (exact) mass is 221 g/mol. The fourth-order valence-corrected chi connectivity index (χ4v) is 1.94. The molecular weight excluding hydrogens is 206 g/mol. The Hall–Kier alpha value is -1.55. The number of para-hydroxylation sites is 1. The number of phenolic OH excluding ortho intramolecular Hbond substituents is 1. The molecule has 1 aromatic rings. The molecule has 86 valence electrons. The number of carboxylic acid groups (broad SMARTS) is 1. The minimum absolute atomic E-state index is 0.0390. The Balaban J connectivity index is 1.89. The SMILES string of the molecule is O=C(O)C1CCC1NCc1ccccc1O. The summed E-state index contributed by atoms with van der Waals surface area (Å²) >= 11 is 0. The Morgan fingerprint density at radius 3 is 2.69 bits per heavy atom. The van der Waals surface area contributed by atoms with Crippen LogP contribution in [0.4, 0.5) is 0 Å². The smallest absolute Gasteiger partial charge is 0.308 e. The summed E-state index contributed by atoms with van der Waals surface area (Å²) < 4.78 is 0. The van der Waals surface area contributed by atoms with Gasteiger partial charge < -0.3 is 15.5 Å². The van der Waals surface area contributed by atoms with Gasteiger partial charge in [0.05, 0.1) is 5.92 Å². The van der Waals surface area contributed by atoms with Crippen LogP contribution in [0.5, 0.6) is 5.75 Å². The molecule has 1 aliphatic carbocycles. The quantitative estimate of drug-likeness (QED) is 0.717. The van der Waals surface area contributed by atoms with E-state index < -0.39 is 5.97 Å². The number of benzene rings is 1. The van der Waals surface area contributed by atoms with E-state index in [0.717, 1.165) is 18.4 Å². The maximum atomic E-state index is 10.8. The summed E-state index contributed by atoms with van der Waals surface area (Å²) in [6.07, 6.45) is 1.64. The molecule has 0 spiro atoms. The summed E-state index contributed by atoms with van der Waals surface area (Å²) in [5.41, 5.74) is 0.804. The van der Waals surface area contributed by atoms with Crippen molar-refractivity contribution in [2.75, 3.05) is 0 Å². The molecule has 0 aromatic heterocycles. The van der Waals surface area contributed by atoms with Crippen LogP contribution in [0.25, 0.3) is 0 Å². The number of nitrogens with one attached hydrogen (secondary N) is 1. The highest BCUT2D eigenvalue weighted by Crippen LogP contribution is 2.28. The molecule has 2 rings (SSSR count). The third-order valence-corrected chi connectivity index (χ3v) is 3.14. The van der Waals surface area contributed by atoms with Gasteiger partial charge in [0.25, 0.3) is 0 Å². The van der Waals surface area contributed by atoms with E-state index in [0.29, 0.717) is 6.54 Å². The van der Waals surface area contributed by atoms with Crippen LogP contribution in [0, 0.1) is 5.92 Å². The molecule has 16 heavy (non-hydrogen) atoms. The average molecular weight is 221 g/mol. The molecule has 1 saturated carbocycles. The van der Waals surface area contributed by atoms with Gasteiger partial charge in [0, 0.05) is 18.2 Å². The van der Waals surface area contributed by atoms with Gasteiger partial charge in [-0.15, -0.1) is 0 Å². The molecule has 0 aliphatic heterocycles. The van der Waals surface area contributed by atoms with Crippen LogP contribution < -0.4 is 5.32 Å². The molecule has 3 N–H and O–H groups in total. The van der Waals surface area contributed by atoms with E-state index in [-0.39, 0.29) is 17.7 Å². The van der Waals surface area contributed by atoms with Crippen molar-refractivity contribution < 1.29 is 15.0 Å². The van der Waals surface area contributed by atoms with Gasteiger partial charge in [0.15, 0.2) is 0 Å². The Labute approximate surface area is 93.9 Å². The van der Waals surface area contributed by atoms with Crippen LogP contribution in [0.15, 0.2) is 24.3 Å². The van der Waals surface area contributed by atoms with E-state index in [2.05, 4.69) is 5.32 Å². The van der Waals surface area contributed by atoms with Crippen molar-refractivity contribution in [2.45, 2.75) is 25.4 Å². The van der Waals surface area contributed by atoms with Gasteiger partial charge in [-0.2, -0.15) is 0 Å². The van der Waals surface area contributed by atoms with Crippen LogP contribution in [0.2, 0.25) is 0 Å². The number of hydrogen-bond donors (Lipinski definition) is 3. The maximum Gasteiger partial charge on any atom is 0.308 e. The summed E-state index contributed by atoms with van der Waals surface area (Å²) in [4.78, 5) is 10.8. The molecule has 4 nitrogen and oxygen atoms in total. The number of hydrogen-bond acceptors (Lipinski definition) is 3. The van der Waals surface area contributed by atoms with E-state index in [1.54, 1.807) is 12.1 Å². The standard InChI is InChI=1S/C12H15NO3/c14-11-4-2-1-3-8(11)7-13-10-6-5-9(10)12(15)16/h1-4,9-10,13-14H,5-7H2,(H,15,16). The highest BCUT2D eigenvalue weighted by atomic mass is 16.4. The number of carbonyl (C=O) groups is 1. The van der Waals surface area contributed by atoms with Crippen LogP contribution in [-0.2, 0) is 11.3 Å². The zero-order valence-corrected chi connectivity index (χ0v) is 8.89. The second kappa shape index (κ2) is 4.53. The van der Waals surface area contributed by atoms with Crippen LogP contribution in [0.1, 0.15) is 18.4 Å². The lowest BCUT2D eigenvalue weighted by Crippen LogP contribution is -2.47. The van der Waals surface area contributed by atoms with Gasteiger partial charge >= 0.3 is 5.97 Å². The second-order valence-electron chi connectivity index (χ2n) is 4.14. The van der Waals surface area contributed by atoms with E-state index in [9.17, 15) is 9.90 Å². The lowest BCUT2D eigenvalue weighted by molar-refractivity contribution is -0.146. The Morgan fingerprint density at radius 2 is 2.12 bits per heavy atom. The largest absolute Gasteiger partial charge is 0.508 e. The van der Waals surface area contributed by atoms with Gasteiger partial charge in [-0.25, -0.2) is 0 Å². The second-order valence-corrected chi connectivity index (χ2v) is 4.14. The minimum atomic E-state index is -0.735. The first-order chi connectivity index (χ1) is 7.68. The third kappa shape index (κ3) is 2.17. The van der Waals surface area contributed by atoms with E-state index in [1.807, 2.05) is 12.1 Å². The summed E-state index contributed by atoms with van der Waals surface area (Å²) in [6.45, 7) is 0.515. The van der Waals surface area contributed by atoms with Crippen LogP contribution in [0.3, 0.4) is 0 Å². The molecule has 0 bridgehead atoms. The normalized spacial score (nSPS) is 23.8. The Morgan fingerprint density at radius 1 is 1.38 bits per heavy atom. The molecule has 4 heteroatoms. The number of phenols is 1. The predicted octanol–water partition coefficient (Wildman–Crippen LogP) is 1.34. The molecule has 0 radical (unpaired) electrons. The molecule has 1 aromatic carbocycles. The molecule has 2 unspecified atom stereocenters. The summed E-state index contributed by atoms with van der Waals surface area (Å²) in [5, 5.41) is 21.6. The van der Waals surface area contributed by atoms with E-state index >= 15 is 0 Å². The van der Waals surface area contributed by atoms with Crippen molar-refractivity contribution in [3.8, 4) is 5.75 Å². The Bertz CT molecular complexity index is 392. The molecule has 0 saturated heterocycles. The number of aliphatic carboxylic acids is 1. The van der Waals surface area contributed by atoms with Crippen molar-refractivity contribution in [1.29, 1.82) is 0 Å². The zero-order chi connectivity index (χ0) is 11.5. The van der Waals surface area contributed by atoms with Crippen molar-refractivity contribution >= 4 is 5.97 Å². The molecular formula is C12H15NO3. The van der Waals surface area contributed by atoms with E-state index in [4.69, 9.17) is 5.11 Å². The van der Waals surface area contributed by atoms with Crippen molar-refractivity contribution in [3.63, 3.8) is 0 Å².